The number of para-hydroxylation sites is 1. The predicted molar refractivity (Wildman–Crippen MR) is 149 cm³/mol. The fourth-order valence-electron chi connectivity index (χ4n) is 4.02. The summed E-state index contributed by atoms with van der Waals surface area (Å²) >= 11 is 5.97. The molecule has 4 aromatic carbocycles. The van der Waals surface area contributed by atoms with Crippen LogP contribution in [0.2, 0.25) is 5.02 Å². The van der Waals surface area contributed by atoms with Gasteiger partial charge in [-0.15, -0.1) is 0 Å². The first-order chi connectivity index (χ1) is 18.7. The Bertz CT molecular complexity index is 1540. The number of benzene rings is 4. The molecule has 0 fully saturated rings. The van der Waals surface area contributed by atoms with Gasteiger partial charge in [-0.05, 0) is 85.1 Å². The Morgan fingerprint density at radius 1 is 0.897 bits per heavy atom. The van der Waals surface area contributed by atoms with E-state index < -0.39 is 21.9 Å². The highest BCUT2D eigenvalue weighted by atomic mass is 35.5. The minimum absolute atomic E-state index is 0.0196. The number of rotatable bonds is 12. The van der Waals surface area contributed by atoms with Gasteiger partial charge in [0.05, 0.1) is 15.9 Å². The average molecular weight is 566 g/mol. The molecule has 3 N–H and O–H groups in total. The van der Waals surface area contributed by atoms with Gasteiger partial charge in [0.15, 0.2) is 0 Å². The minimum atomic E-state index is -3.81. The number of aliphatic hydroxyl groups excluding tert-OH is 1. The van der Waals surface area contributed by atoms with E-state index in [1.54, 1.807) is 66.7 Å². The number of aromatic carboxylic acids is 1. The molecule has 0 heterocycles. The van der Waals surface area contributed by atoms with Crippen LogP contribution >= 0.6 is 11.6 Å². The van der Waals surface area contributed by atoms with Gasteiger partial charge in [0.2, 0.25) is 9.84 Å². The number of sulfone groups is 1. The highest BCUT2D eigenvalue weighted by Gasteiger charge is 2.19. The van der Waals surface area contributed by atoms with Gasteiger partial charge in [0.25, 0.3) is 0 Å². The van der Waals surface area contributed by atoms with Crippen LogP contribution < -0.4 is 10.1 Å². The van der Waals surface area contributed by atoms with Crippen LogP contribution in [0.1, 0.15) is 34.0 Å². The SMILES string of the molecule is O=C(O)c1ccccc1Oc1cccc(S(=O)(=O)c2ccc(CCCNC[C@@H](O)c3cccc(Cl)c3)cc2)c1. The van der Waals surface area contributed by atoms with E-state index in [1.165, 1.54) is 24.3 Å². The Kier molecular flexibility index (Phi) is 9.37. The lowest BCUT2D eigenvalue weighted by molar-refractivity contribution is 0.0694. The van der Waals surface area contributed by atoms with Gasteiger partial charge in [0.1, 0.15) is 17.1 Å². The monoisotopic (exact) mass is 565 g/mol. The average Bonchev–Trinajstić information content (AvgIpc) is 2.93. The van der Waals surface area contributed by atoms with E-state index in [0.29, 0.717) is 18.1 Å². The maximum absolute atomic E-state index is 13.2. The number of aryl methyl sites for hydroxylation is 1. The van der Waals surface area contributed by atoms with E-state index in [2.05, 4.69) is 5.32 Å². The van der Waals surface area contributed by atoms with Gasteiger partial charge in [-0.1, -0.05) is 54.1 Å². The van der Waals surface area contributed by atoms with Gasteiger partial charge in [0, 0.05) is 11.6 Å². The van der Waals surface area contributed by atoms with Crippen LogP contribution in [0, 0.1) is 0 Å². The fraction of sp³-hybridized carbons (Fsp3) is 0.167. The van der Waals surface area contributed by atoms with Crippen molar-refractivity contribution in [2.45, 2.75) is 28.7 Å². The largest absolute Gasteiger partial charge is 0.478 e. The van der Waals surface area contributed by atoms with Crippen molar-refractivity contribution in [2.75, 3.05) is 13.1 Å². The normalized spacial score (nSPS) is 12.2. The van der Waals surface area contributed by atoms with Gasteiger partial charge in [-0.2, -0.15) is 0 Å². The molecule has 7 nitrogen and oxygen atoms in total. The summed E-state index contributed by atoms with van der Waals surface area (Å²) in [6.45, 7) is 1.09. The summed E-state index contributed by atoms with van der Waals surface area (Å²) in [6.07, 6.45) is 0.905. The third-order valence-corrected chi connectivity index (χ3v) is 8.09. The smallest absolute Gasteiger partial charge is 0.339 e. The lowest BCUT2D eigenvalue weighted by Crippen LogP contribution is -2.22. The van der Waals surface area contributed by atoms with E-state index in [-0.39, 0.29) is 26.9 Å². The summed E-state index contributed by atoms with van der Waals surface area (Å²) in [7, 11) is -3.81. The molecule has 0 aliphatic carbocycles. The minimum Gasteiger partial charge on any atom is -0.478 e. The quantitative estimate of drug-likeness (QED) is 0.183. The van der Waals surface area contributed by atoms with E-state index in [0.717, 1.165) is 24.0 Å². The zero-order valence-corrected chi connectivity index (χ0v) is 22.5. The molecule has 9 heteroatoms. The zero-order chi connectivity index (χ0) is 27.8. The predicted octanol–water partition coefficient (Wildman–Crippen LogP) is 5.92. The highest BCUT2D eigenvalue weighted by molar-refractivity contribution is 7.91. The molecule has 0 saturated carbocycles. The second-order valence-electron chi connectivity index (χ2n) is 8.90. The molecule has 39 heavy (non-hydrogen) atoms. The van der Waals surface area contributed by atoms with Gasteiger partial charge >= 0.3 is 5.97 Å². The first-order valence-corrected chi connectivity index (χ1v) is 14.2. The number of carboxylic acid groups (broad SMARTS) is 1. The molecule has 0 unspecified atom stereocenters. The summed E-state index contributed by atoms with van der Waals surface area (Å²) in [6, 6.07) is 26.0. The number of halogens is 1. The van der Waals surface area contributed by atoms with Crippen LogP contribution in [0.25, 0.3) is 0 Å². The van der Waals surface area contributed by atoms with Crippen molar-refractivity contribution in [3.05, 3.63) is 119 Å². The number of carboxylic acids is 1. The van der Waals surface area contributed by atoms with E-state index in [1.807, 2.05) is 6.07 Å². The van der Waals surface area contributed by atoms with Crippen LogP contribution in [0.15, 0.2) is 107 Å². The first kappa shape index (κ1) is 28.3. The first-order valence-electron chi connectivity index (χ1n) is 12.3. The molecule has 0 bridgehead atoms. The second-order valence-corrected chi connectivity index (χ2v) is 11.3. The fourth-order valence-corrected chi connectivity index (χ4v) is 5.52. The molecule has 0 saturated heterocycles. The number of hydrogen-bond donors (Lipinski definition) is 3. The van der Waals surface area contributed by atoms with Crippen molar-refractivity contribution >= 4 is 27.4 Å². The van der Waals surface area contributed by atoms with Crippen molar-refractivity contribution in [1.29, 1.82) is 0 Å². The van der Waals surface area contributed by atoms with Crippen LogP contribution in [0.5, 0.6) is 11.5 Å². The van der Waals surface area contributed by atoms with E-state index in [9.17, 15) is 23.4 Å². The summed E-state index contributed by atoms with van der Waals surface area (Å²) in [4.78, 5) is 11.6. The Morgan fingerprint density at radius 2 is 1.64 bits per heavy atom. The molecule has 202 valence electrons. The van der Waals surface area contributed by atoms with Crippen LogP contribution in [-0.4, -0.2) is 37.7 Å². The second kappa shape index (κ2) is 12.9. The van der Waals surface area contributed by atoms with Crippen molar-refractivity contribution in [3.8, 4) is 11.5 Å². The summed E-state index contributed by atoms with van der Waals surface area (Å²) in [5.74, 6) is -0.799. The summed E-state index contributed by atoms with van der Waals surface area (Å²) < 4.78 is 32.2. The molecular weight excluding hydrogens is 538 g/mol. The molecule has 4 rings (SSSR count). The Morgan fingerprint density at radius 3 is 2.38 bits per heavy atom. The number of hydrogen-bond acceptors (Lipinski definition) is 6. The zero-order valence-electron chi connectivity index (χ0n) is 21.0. The molecule has 0 spiro atoms. The molecule has 0 aliphatic rings. The summed E-state index contributed by atoms with van der Waals surface area (Å²) in [5, 5.41) is 23.4. The Hall–Kier alpha value is -3.69. The van der Waals surface area contributed by atoms with Gasteiger partial charge < -0.3 is 20.3 Å². The van der Waals surface area contributed by atoms with E-state index >= 15 is 0 Å². The number of carbonyl (C=O) groups is 1. The number of nitrogens with one attached hydrogen (secondary N) is 1. The molecule has 0 amide bonds. The lowest BCUT2D eigenvalue weighted by atomic mass is 10.1. The third-order valence-electron chi connectivity index (χ3n) is 6.08. The molecule has 1 atom stereocenters. The summed E-state index contributed by atoms with van der Waals surface area (Å²) in [5.41, 5.74) is 1.73. The van der Waals surface area contributed by atoms with Crippen molar-refractivity contribution < 1.29 is 28.2 Å². The lowest BCUT2D eigenvalue weighted by Gasteiger charge is -2.12. The van der Waals surface area contributed by atoms with Crippen LogP contribution in [0.3, 0.4) is 0 Å². The van der Waals surface area contributed by atoms with E-state index in [4.69, 9.17) is 16.3 Å². The maximum atomic E-state index is 13.2. The van der Waals surface area contributed by atoms with Crippen molar-refractivity contribution in [1.82, 2.24) is 5.32 Å². The number of aliphatic hydroxyl groups is 1. The van der Waals surface area contributed by atoms with Gasteiger partial charge in [-0.25, -0.2) is 13.2 Å². The number of ether oxygens (including phenoxy) is 1. The van der Waals surface area contributed by atoms with Crippen LogP contribution in [0.4, 0.5) is 0 Å². The Balaban J connectivity index is 1.33. The molecule has 0 aromatic heterocycles. The topological polar surface area (TPSA) is 113 Å². The maximum Gasteiger partial charge on any atom is 0.339 e. The standard InChI is InChI=1S/C30H28ClNO6S/c31-23-8-3-7-22(18-23)28(33)20-32-17-5-6-21-13-15-25(16-14-21)39(36,37)26-10-4-9-24(19-26)38-29-12-2-1-11-27(29)30(34)35/h1-4,7-16,18-19,28,32-33H,5-6,17,20H2,(H,34,35)/t28-/m1/s1. The molecule has 0 aliphatic heterocycles. The Labute approximate surface area is 232 Å². The van der Waals surface area contributed by atoms with Crippen LogP contribution in [-0.2, 0) is 16.3 Å². The molecule has 0 radical (unpaired) electrons. The van der Waals surface area contributed by atoms with Gasteiger partial charge in [-0.3, -0.25) is 0 Å². The third kappa shape index (κ3) is 7.46. The van der Waals surface area contributed by atoms with Crippen molar-refractivity contribution in [3.63, 3.8) is 0 Å². The molecular formula is C30H28ClNO6S. The molecule has 4 aromatic rings. The van der Waals surface area contributed by atoms with Crippen molar-refractivity contribution in [2.24, 2.45) is 0 Å². The highest BCUT2D eigenvalue weighted by Crippen LogP contribution is 2.29.